The first-order chi connectivity index (χ1) is 32.6. The number of aliphatic hydroxyl groups excluding tert-OH is 1. The van der Waals surface area contributed by atoms with Gasteiger partial charge in [-0.2, -0.15) is 0 Å². The van der Waals surface area contributed by atoms with E-state index in [0.717, 1.165) is 6.92 Å². The molecule has 3 aromatic rings. The third kappa shape index (κ3) is 8.98. The van der Waals surface area contributed by atoms with Crippen molar-refractivity contribution in [3.63, 3.8) is 0 Å². The number of nitrogens with one attached hydrogen (secondary N) is 1. The molecule has 1 saturated heterocycles. The standard InChI is InChI=1S/C53H65NO14Si/c1-10-69(11-2,12-3)68-38-28-39-52(30-63-39,67-33(6)56)44-46(66-48(60)36-26-20-15-21-27-36)53(62)29-37(31(4)40(50(53,7)8)43(64-32(5)55)45(58)51(38,44)9)65-49(61)42(57)41(34-22-16-13-17-23-34)54-47(59)35-24-18-14-19-25-35/h13-27,37-39,41-44,46,57,62H,10-12,28-30H2,1-9H3,(H,54,59)/t37-,38-,39+,41-,42+,43+,44-,46-,51+,52-,53+/m0/s1. The van der Waals surface area contributed by atoms with Gasteiger partial charge in [-0.3, -0.25) is 19.2 Å². The molecule has 3 aromatic carbocycles. The molecule has 2 saturated carbocycles. The van der Waals surface area contributed by atoms with Crippen molar-refractivity contribution in [1.29, 1.82) is 0 Å². The Labute approximate surface area is 404 Å². The lowest BCUT2D eigenvalue weighted by Crippen LogP contribution is -2.82. The number of esters is 4. The Morgan fingerprint density at radius 3 is 1.90 bits per heavy atom. The summed E-state index contributed by atoms with van der Waals surface area (Å²) in [6.07, 6.45) is -9.27. The number of carbonyl (C=O) groups is 6. The number of amides is 1. The van der Waals surface area contributed by atoms with Gasteiger partial charge in [0.25, 0.3) is 5.91 Å². The van der Waals surface area contributed by atoms with E-state index in [1.807, 2.05) is 20.8 Å². The van der Waals surface area contributed by atoms with Crippen LogP contribution in [0.25, 0.3) is 0 Å². The second-order valence-corrected chi connectivity index (χ2v) is 24.4. The molecule has 2 bridgehead atoms. The summed E-state index contributed by atoms with van der Waals surface area (Å²) in [5.41, 5.74) is -6.44. The molecule has 3 N–H and O–H groups in total. The van der Waals surface area contributed by atoms with Gasteiger partial charge in [0.2, 0.25) is 0 Å². The number of carbonyl (C=O) groups excluding carboxylic acids is 6. The van der Waals surface area contributed by atoms with Gasteiger partial charge in [0.05, 0.1) is 35.6 Å². The van der Waals surface area contributed by atoms with E-state index in [4.69, 9.17) is 28.1 Å². The Hall–Kier alpha value is -5.52. The number of hydrogen-bond donors (Lipinski definition) is 3. The lowest BCUT2D eigenvalue weighted by molar-refractivity contribution is -0.344. The van der Waals surface area contributed by atoms with Crippen LogP contribution in [0.3, 0.4) is 0 Å². The van der Waals surface area contributed by atoms with E-state index in [9.17, 15) is 34.2 Å². The van der Waals surface area contributed by atoms with E-state index in [2.05, 4.69) is 5.32 Å². The number of ketones is 1. The molecule has 0 spiro atoms. The van der Waals surface area contributed by atoms with E-state index >= 15 is 4.79 Å². The Morgan fingerprint density at radius 2 is 1.38 bits per heavy atom. The summed E-state index contributed by atoms with van der Waals surface area (Å²) in [5, 5.41) is 28.8. The van der Waals surface area contributed by atoms with Gasteiger partial charge < -0.3 is 43.6 Å². The Balaban J connectivity index is 1.44. The summed E-state index contributed by atoms with van der Waals surface area (Å²) in [6, 6.07) is 25.5. The zero-order valence-corrected chi connectivity index (χ0v) is 41.8. The fourth-order valence-corrected chi connectivity index (χ4v) is 14.6. The van der Waals surface area contributed by atoms with Crippen molar-refractivity contribution in [2.45, 2.75) is 147 Å². The van der Waals surface area contributed by atoms with Crippen molar-refractivity contribution in [1.82, 2.24) is 5.32 Å². The first kappa shape index (κ1) is 51.3. The van der Waals surface area contributed by atoms with E-state index in [1.165, 1.54) is 19.1 Å². The highest BCUT2D eigenvalue weighted by Gasteiger charge is 2.79. The van der Waals surface area contributed by atoms with Crippen LogP contribution in [0.4, 0.5) is 0 Å². The molecule has 7 rings (SSSR count). The van der Waals surface area contributed by atoms with Crippen LogP contribution >= 0.6 is 0 Å². The Kier molecular flexibility index (Phi) is 14.7. The highest BCUT2D eigenvalue weighted by Crippen LogP contribution is 2.65. The van der Waals surface area contributed by atoms with E-state index in [1.54, 1.807) is 107 Å². The predicted molar refractivity (Wildman–Crippen MR) is 254 cm³/mol. The molecular weight excluding hydrogens is 903 g/mol. The quantitative estimate of drug-likeness (QED) is 0.0622. The lowest BCUT2D eigenvalue weighted by atomic mass is 9.44. The van der Waals surface area contributed by atoms with Gasteiger partial charge in [-0.25, -0.2) is 9.59 Å². The molecule has 11 atom stereocenters. The number of fused-ring (bicyclic) bond motifs is 5. The third-order valence-corrected chi connectivity index (χ3v) is 20.4. The number of Topliss-reactive ketones (excluding diaryl/α,β-unsaturated/α-hetero) is 1. The molecule has 370 valence electrons. The van der Waals surface area contributed by atoms with Gasteiger partial charge >= 0.3 is 23.9 Å². The average molecular weight is 968 g/mol. The number of aliphatic hydroxyl groups is 2. The van der Waals surface area contributed by atoms with Gasteiger partial charge in [0.1, 0.15) is 23.9 Å². The molecule has 3 fully saturated rings. The van der Waals surface area contributed by atoms with Crippen LogP contribution in [-0.4, -0.2) is 109 Å². The van der Waals surface area contributed by atoms with Crippen molar-refractivity contribution < 1.29 is 67.1 Å². The molecule has 69 heavy (non-hydrogen) atoms. The van der Waals surface area contributed by atoms with Crippen LogP contribution in [0.15, 0.2) is 102 Å². The maximum atomic E-state index is 16.3. The summed E-state index contributed by atoms with van der Waals surface area (Å²) in [5.74, 6) is -6.29. The van der Waals surface area contributed by atoms with Crippen LogP contribution in [0, 0.1) is 16.7 Å². The second-order valence-electron chi connectivity index (χ2n) is 19.7. The van der Waals surface area contributed by atoms with E-state index in [-0.39, 0.29) is 35.3 Å². The number of benzene rings is 3. The maximum Gasteiger partial charge on any atom is 0.338 e. The molecule has 0 unspecified atom stereocenters. The first-order valence-corrected chi connectivity index (χ1v) is 26.4. The summed E-state index contributed by atoms with van der Waals surface area (Å²) in [4.78, 5) is 85.9. The molecule has 1 amide bonds. The first-order valence-electron chi connectivity index (χ1n) is 23.8. The topological polar surface area (TPSA) is 210 Å². The summed E-state index contributed by atoms with van der Waals surface area (Å²) in [6.45, 7) is 14.8. The largest absolute Gasteiger partial charge is 0.456 e. The van der Waals surface area contributed by atoms with Crippen LogP contribution in [0.2, 0.25) is 18.1 Å². The van der Waals surface area contributed by atoms with Gasteiger partial charge in [0.15, 0.2) is 31.9 Å². The fraction of sp³-hybridized carbons (Fsp3) is 0.509. The summed E-state index contributed by atoms with van der Waals surface area (Å²) < 4.78 is 38.9. The van der Waals surface area contributed by atoms with E-state index < -0.39 is 121 Å². The normalized spacial score (nSPS) is 30.1. The zero-order chi connectivity index (χ0) is 50.3. The maximum absolute atomic E-state index is 16.3. The number of ether oxygens (including phenoxy) is 5. The average Bonchev–Trinajstić information content (AvgIpc) is 3.33. The molecule has 4 aliphatic rings. The summed E-state index contributed by atoms with van der Waals surface area (Å²) >= 11 is 0. The van der Waals surface area contributed by atoms with Gasteiger partial charge in [-0.15, -0.1) is 0 Å². The summed E-state index contributed by atoms with van der Waals surface area (Å²) in [7, 11) is -2.64. The van der Waals surface area contributed by atoms with Gasteiger partial charge in [0, 0.05) is 37.7 Å². The molecule has 1 heterocycles. The molecule has 0 radical (unpaired) electrons. The highest BCUT2D eigenvalue weighted by atomic mass is 28.4. The van der Waals surface area contributed by atoms with Crippen molar-refractivity contribution in [3.8, 4) is 0 Å². The van der Waals surface area contributed by atoms with Gasteiger partial charge in [-0.05, 0) is 73.0 Å². The molecule has 1 aliphatic heterocycles. The van der Waals surface area contributed by atoms with Crippen molar-refractivity contribution in [2.24, 2.45) is 16.7 Å². The van der Waals surface area contributed by atoms with Crippen LogP contribution in [0.5, 0.6) is 0 Å². The fourth-order valence-electron chi connectivity index (χ4n) is 11.6. The monoisotopic (exact) mass is 967 g/mol. The highest BCUT2D eigenvalue weighted by molar-refractivity contribution is 6.73. The number of hydrogen-bond acceptors (Lipinski definition) is 14. The van der Waals surface area contributed by atoms with Crippen LogP contribution in [-0.2, 0) is 47.3 Å². The molecular formula is C53H65NO14Si. The number of rotatable bonds is 15. The van der Waals surface area contributed by atoms with Gasteiger partial charge in [-0.1, -0.05) is 101 Å². The third-order valence-electron chi connectivity index (χ3n) is 15.8. The molecule has 3 aliphatic carbocycles. The molecule has 15 nitrogen and oxygen atoms in total. The minimum Gasteiger partial charge on any atom is -0.456 e. The Morgan fingerprint density at radius 1 is 0.812 bits per heavy atom. The Bertz CT molecular complexity index is 2450. The minimum absolute atomic E-state index is 0.0777. The van der Waals surface area contributed by atoms with E-state index in [0.29, 0.717) is 23.7 Å². The van der Waals surface area contributed by atoms with Crippen LogP contribution in [0.1, 0.15) is 107 Å². The zero-order valence-electron chi connectivity index (χ0n) is 40.8. The molecule has 16 heteroatoms. The van der Waals surface area contributed by atoms with Crippen LogP contribution < -0.4 is 5.32 Å². The predicted octanol–water partition coefficient (Wildman–Crippen LogP) is 6.77. The minimum atomic E-state index is -2.64. The lowest BCUT2D eigenvalue weighted by Gasteiger charge is -2.68. The second kappa shape index (κ2) is 19.7. The molecule has 0 aromatic heterocycles. The van der Waals surface area contributed by atoms with Crippen molar-refractivity contribution in [2.75, 3.05) is 6.61 Å². The SMILES string of the molecule is CC[Si](CC)(CC)O[C@H]1C[C@H]2OC[C@@]2(OC(C)=O)[C@H]2[C@H](OC(=O)c3ccccc3)[C@]3(O)C[C@H](OC(=O)[C@H](O)[C@@H](NC(=O)c4ccccc4)c4ccccc4)C(C)=C([C@@H](OC(C)=O)C(=O)[C@]12C)C3(C)C. The van der Waals surface area contributed by atoms with Crippen molar-refractivity contribution in [3.05, 3.63) is 119 Å². The smallest absolute Gasteiger partial charge is 0.338 e. The van der Waals surface area contributed by atoms with Crippen molar-refractivity contribution >= 4 is 43.9 Å².